The third-order valence-electron chi connectivity index (χ3n) is 3.06. The van der Waals surface area contributed by atoms with Crippen molar-refractivity contribution in [1.82, 2.24) is 9.55 Å². The van der Waals surface area contributed by atoms with E-state index >= 15 is 0 Å². The average Bonchev–Trinajstić information content (AvgIpc) is 3.08. The van der Waals surface area contributed by atoms with Crippen LogP contribution in [0.3, 0.4) is 0 Å². The maximum atomic E-state index is 3.98. The Labute approximate surface area is 130 Å². The highest BCUT2D eigenvalue weighted by molar-refractivity contribution is 5.61. The molecule has 1 aromatic heterocycles. The van der Waals surface area contributed by atoms with Gasteiger partial charge >= 0.3 is 0 Å². The Hall–Kier alpha value is -3.27. The van der Waals surface area contributed by atoms with Gasteiger partial charge in [-0.3, -0.25) is 0 Å². The van der Waals surface area contributed by atoms with Gasteiger partial charge in [-0.15, -0.1) is 5.73 Å². The second kappa shape index (κ2) is 6.95. The fourth-order valence-electron chi connectivity index (χ4n) is 1.96. The van der Waals surface area contributed by atoms with E-state index in [0.717, 1.165) is 16.7 Å². The van der Waals surface area contributed by atoms with E-state index in [2.05, 4.69) is 22.6 Å². The van der Waals surface area contributed by atoms with Gasteiger partial charge in [0.15, 0.2) is 0 Å². The molecule has 0 amide bonds. The number of nitrogens with zero attached hydrogens (tertiary/aromatic N) is 2. The monoisotopic (exact) mass is 282 g/mol. The minimum Gasteiger partial charge on any atom is -0.306 e. The number of aromatic nitrogens is 2. The third-order valence-corrected chi connectivity index (χ3v) is 3.06. The minimum atomic E-state index is 0.984. The van der Waals surface area contributed by atoms with Crippen molar-refractivity contribution in [2.45, 2.75) is 0 Å². The van der Waals surface area contributed by atoms with Crippen molar-refractivity contribution in [3.8, 4) is 11.8 Å². The van der Waals surface area contributed by atoms with Gasteiger partial charge in [0.25, 0.3) is 0 Å². The molecule has 0 radical (unpaired) electrons. The first-order valence-electron chi connectivity index (χ1n) is 6.98. The van der Waals surface area contributed by atoms with Gasteiger partial charge in [-0.25, -0.2) is 4.98 Å². The van der Waals surface area contributed by atoms with Crippen molar-refractivity contribution in [2.75, 3.05) is 0 Å². The molecule has 2 aromatic carbocycles. The predicted molar refractivity (Wildman–Crippen MR) is 89.8 cm³/mol. The Kier molecular flexibility index (Phi) is 4.33. The van der Waals surface area contributed by atoms with Crippen molar-refractivity contribution in [3.63, 3.8) is 0 Å². The maximum absolute atomic E-state index is 3.98. The number of hydrogen-bond donors (Lipinski definition) is 0. The quantitative estimate of drug-likeness (QED) is 0.512. The van der Waals surface area contributed by atoms with Gasteiger partial charge in [-0.05, 0) is 29.8 Å². The summed E-state index contributed by atoms with van der Waals surface area (Å²) in [6, 6.07) is 18.0. The molecule has 0 spiro atoms. The highest BCUT2D eigenvalue weighted by atomic mass is 15.0. The van der Waals surface area contributed by atoms with Gasteiger partial charge < -0.3 is 4.57 Å². The number of rotatable bonds is 2. The van der Waals surface area contributed by atoms with Crippen LogP contribution in [0.4, 0.5) is 0 Å². The molecule has 0 unspecified atom stereocenters. The average molecular weight is 282 g/mol. The van der Waals surface area contributed by atoms with E-state index in [1.807, 2.05) is 77.6 Å². The van der Waals surface area contributed by atoms with E-state index in [0.29, 0.717) is 0 Å². The molecule has 104 valence electrons. The van der Waals surface area contributed by atoms with Crippen LogP contribution < -0.4 is 0 Å². The summed E-state index contributed by atoms with van der Waals surface area (Å²) in [6.07, 6.45) is 9.07. The fraction of sp³-hybridized carbons (Fsp3) is 0. The summed E-state index contributed by atoms with van der Waals surface area (Å²) in [6.45, 7) is 0. The van der Waals surface area contributed by atoms with Crippen LogP contribution in [0.15, 0.2) is 79.0 Å². The van der Waals surface area contributed by atoms with Crippen molar-refractivity contribution in [3.05, 3.63) is 95.7 Å². The molecule has 2 heteroatoms. The fourth-order valence-corrected chi connectivity index (χ4v) is 1.96. The second-order valence-electron chi connectivity index (χ2n) is 4.65. The molecule has 0 saturated carbocycles. The van der Waals surface area contributed by atoms with Crippen LogP contribution in [-0.4, -0.2) is 9.55 Å². The van der Waals surface area contributed by atoms with Gasteiger partial charge in [0.2, 0.25) is 0 Å². The molecule has 2 nitrogen and oxygen atoms in total. The lowest BCUT2D eigenvalue weighted by Crippen LogP contribution is -1.81. The summed E-state index contributed by atoms with van der Waals surface area (Å²) < 4.78 is 1.84. The van der Waals surface area contributed by atoms with E-state index in [9.17, 15) is 0 Å². The van der Waals surface area contributed by atoms with Gasteiger partial charge in [-0.2, -0.15) is 0 Å². The van der Waals surface area contributed by atoms with E-state index in [1.54, 1.807) is 12.5 Å². The third kappa shape index (κ3) is 3.64. The number of hydrogen-bond acceptors (Lipinski definition) is 1. The molecule has 0 aliphatic heterocycles. The molecule has 0 aliphatic carbocycles. The summed E-state index contributed by atoms with van der Waals surface area (Å²) in [7, 11) is 0. The molecule has 0 N–H and O–H groups in total. The number of benzene rings is 2. The summed E-state index contributed by atoms with van der Waals surface area (Å²) in [5.41, 5.74) is 6.19. The zero-order valence-electron chi connectivity index (χ0n) is 12.0. The lowest BCUT2D eigenvalue weighted by Gasteiger charge is -1.96. The first-order valence-corrected chi connectivity index (χ1v) is 6.98. The molecule has 0 aliphatic rings. The Balaban J connectivity index is 1.88. The standard InChI is InChI=1S/C20H14N2/c1-2-7-18(8-3-1)12-13-20-10-5-4-9-19(20)11-6-15-22-16-14-21-17-22/h1-5,7-11,14-17H. The molecule has 22 heavy (non-hydrogen) atoms. The second-order valence-corrected chi connectivity index (χ2v) is 4.65. The van der Waals surface area contributed by atoms with Gasteiger partial charge in [0, 0.05) is 23.5 Å². The lowest BCUT2D eigenvalue weighted by atomic mass is 10.1. The van der Waals surface area contributed by atoms with Crippen LogP contribution >= 0.6 is 0 Å². The van der Waals surface area contributed by atoms with E-state index < -0.39 is 0 Å². The van der Waals surface area contributed by atoms with Crippen molar-refractivity contribution < 1.29 is 0 Å². The Bertz CT molecular complexity index is 857. The first-order chi connectivity index (χ1) is 10.9. The summed E-state index contributed by atoms with van der Waals surface area (Å²) in [5.74, 6) is 6.40. The summed E-state index contributed by atoms with van der Waals surface area (Å²) in [4.78, 5) is 3.98. The molecule has 0 saturated heterocycles. The molecule has 3 aromatic rings. The highest BCUT2D eigenvalue weighted by Crippen LogP contribution is 2.09. The molecule has 1 heterocycles. The summed E-state index contributed by atoms with van der Waals surface area (Å²) >= 11 is 0. The van der Waals surface area contributed by atoms with Crippen molar-refractivity contribution in [1.29, 1.82) is 0 Å². The Morgan fingerprint density at radius 3 is 2.55 bits per heavy atom. The van der Waals surface area contributed by atoms with E-state index in [1.165, 1.54) is 0 Å². The van der Waals surface area contributed by atoms with Crippen LogP contribution in [-0.2, 0) is 0 Å². The zero-order valence-corrected chi connectivity index (χ0v) is 12.0. The minimum absolute atomic E-state index is 0.984. The summed E-state index contributed by atoms with van der Waals surface area (Å²) in [5, 5.41) is 0. The Morgan fingerprint density at radius 2 is 1.73 bits per heavy atom. The van der Waals surface area contributed by atoms with E-state index in [-0.39, 0.29) is 0 Å². The Morgan fingerprint density at radius 1 is 0.909 bits per heavy atom. The van der Waals surface area contributed by atoms with Crippen LogP contribution in [0.5, 0.6) is 0 Å². The SMILES string of the molecule is C(=Cc1ccccc1C#Cc1ccccc1)=Cn1ccnc1. The lowest BCUT2D eigenvalue weighted by molar-refractivity contribution is 1.14. The normalized spacial score (nSPS) is 9.27. The van der Waals surface area contributed by atoms with Crippen LogP contribution in [0, 0.1) is 11.8 Å². The van der Waals surface area contributed by atoms with Crippen LogP contribution in [0.1, 0.15) is 16.7 Å². The molecular weight excluding hydrogens is 268 g/mol. The number of imidazole rings is 1. The first kappa shape index (κ1) is 13.7. The van der Waals surface area contributed by atoms with Gasteiger partial charge in [0.05, 0.1) is 12.5 Å². The van der Waals surface area contributed by atoms with Crippen molar-refractivity contribution >= 4 is 12.3 Å². The smallest absolute Gasteiger partial charge is 0.0991 e. The molecule has 0 fully saturated rings. The predicted octanol–water partition coefficient (Wildman–Crippen LogP) is 4.07. The van der Waals surface area contributed by atoms with E-state index in [4.69, 9.17) is 0 Å². The highest BCUT2D eigenvalue weighted by Gasteiger charge is 1.93. The van der Waals surface area contributed by atoms with Gasteiger partial charge in [-0.1, -0.05) is 48.2 Å². The molecule has 0 atom stereocenters. The molecular formula is C20H14N2. The van der Waals surface area contributed by atoms with Crippen molar-refractivity contribution in [2.24, 2.45) is 0 Å². The largest absolute Gasteiger partial charge is 0.306 e. The molecule has 3 rings (SSSR count). The maximum Gasteiger partial charge on any atom is 0.0991 e. The van der Waals surface area contributed by atoms with Crippen LogP contribution in [0.2, 0.25) is 0 Å². The zero-order chi connectivity index (χ0) is 15.0. The van der Waals surface area contributed by atoms with Gasteiger partial charge in [0.1, 0.15) is 0 Å². The van der Waals surface area contributed by atoms with Crippen LogP contribution in [0.25, 0.3) is 12.3 Å². The molecule has 0 bridgehead atoms. The topological polar surface area (TPSA) is 17.8 Å².